The normalized spacial score (nSPS) is 11.0. The Hall–Kier alpha value is -2.67. The van der Waals surface area contributed by atoms with Gasteiger partial charge in [-0.3, -0.25) is 0 Å². The summed E-state index contributed by atoms with van der Waals surface area (Å²) in [6.45, 7) is 6.02. The quantitative estimate of drug-likeness (QED) is 0.385. The van der Waals surface area contributed by atoms with Gasteiger partial charge in [0.1, 0.15) is 11.6 Å². The number of methoxy groups -OCH3 is 1. The lowest BCUT2D eigenvalue weighted by molar-refractivity contribution is 0.311. The van der Waals surface area contributed by atoms with E-state index in [2.05, 4.69) is 20.6 Å². The van der Waals surface area contributed by atoms with Gasteiger partial charge in [-0.1, -0.05) is 11.6 Å². The molecule has 146 valence electrons. The number of nitrogens with zero attached hydrogens (tertiary/aromatic N) is 2. The zero-order chi connectivity index (χ0) is 19.5. The van der Waals surface area contributed by atoms with E-state index >= 15 is 0 Å². The van der Waals surface area contributed by atoms with Crippen molar-refractivity contribution in [2.75, 3.05) is 38.7 Å². The van der Waals surface area contributed by atoms with E-state index in [4.69, 9.17) is 25.8 Å². The molecule has 0 bridgehead atoms. The van der Waals surface area contributed by atoms with Crippen molar-refractivity contribution in [2.45, 2.75) is 13.8 Å². The Morgan fingerprint density at radius 3 is 2.74 bits per heavy atom. The van der Waals surface area contributed by atoms with Crippen LogP contribution in [0.15, 0.2) is 41.5 Å². The number of halogens is 1. The zero-order valence-electron chi connectivity index (χ0n) is 15.8. The van der Waals surface area contributed by atoms with E-state index in [0.717, 1.165) is 12.2 Å². The summed E-state index contributed by atoms with van der Waals surface area (Å²) in [4.78, 5) is 8.58. The molecule has 0 aliphatic carbocycles. The molecule has 0 radical (unpaired) electrons. The number of rotatable bonds is 9. The number of aromatic nitrogens is 1. The van der Waals surface area contributed by atoms with E-state index in [1.165, 1.54) is 0 Å². The van der Waals surface area contributed by atoms with Crippen LogP contribution in [-0.4, -0.2) is 44.4 Å². The summed E-state index contributed by atoms with van der Waals surface area (Å²) in [7, 11) is 1.62. The van der Waals surface area contributed by atoms with Crippen LogP contribution >= 0.6 is 11.6 Å². The van der Waals surface area contributed by atoms with Crippen molar-refractivity contribution in [3.05, 3.63) is 41.6 Å². The van der Waals surface area contributed by atoms with Crippen LogP contribution in [0.3, 0.4) is 0 Å². The van der Waals surface area contributed by atoms with Crippen molar-refractivity contribution in [1.29, 1.82) is 0 Å². The van der Waals surface area contributed by atoms with Crippen LogP contribution in [0.5, 0.6) is 17.4 Å². The SMILES string of the molecule is CCNC(=NCCOc1ncccc1Cl)Nc1ccc(OC)c(OCC)c1. The Labute approximate surface area is 164 Å². The van der Waals surface area contributed by atoms with Crippen molar-refractivity contribution < 1.29 is 14.2 Å². The maximum Gasteiger partial charge on any atom is 0.232 e. The molecule has 0 aliphatic heterocycles. The highest BCUT2D eigenvalue weighted by Gasteiger charge is 2.07. The molecule has 1 aromatic heterocycles. The molecule has 8 heteroatoms. The second-order valence-corrected chi connectivity index (χ2v) is 5.73. The number of anilines is 1. The Morgan fingerprint density at radius 2 is 2.04 bits per heavy atom. The molecule has 7 nitrogen and oxygen atoms in total. The Bertz CT molecular complexity index is 755. The first kappa shape index (κ1) is 20.6. The second-order valence-electron chi connectivity index (χ2n) is 5.32. The molecule has 27 heavy (non-hydrogen) atoms. The number of aliphatic imine (C=N–C) groups is 1. The topological polar surface area (TPSA) is 77.0 Å². The molecule has 0 saturated carbocycles. The maximum absolute atomic E-state index is 6.02. The summed E-state index contributed by atoms with van der Waals surface area (Å²) in [6, 6.07) is 9.12. The third kappa shape index (κ3) is 6.53. The average molecular weight is 393 g/mol. The minimum Gasteiger partial charge on any atom is -0.493 e. The van der Waals surface area contributed by atoms with E-state index in [1.807, 2.05) is 32.0 Å². The van der Waals surface area contributed by atoms with Crippen LogP contribution in [0.2, 0.25) is 5.02 Å². The van der Waals surface area contributed by atoms with Gasteiger partial charge in [0.15, 0.2) is 17.5 Å². The van der Waals surface area contributed by atoms with E-state index in [1.54, 1.807) is 25.4 Å². The predicted octanol–water partition coefficient (Wildman–Crippen LogP) is 3.60. The number of hydrogen-bond acceptors (Lipinski definition) is 5. The lowest BCUT2D eigenvalue weighted by Gasteiger charge is -2.14. The summed E-state index contributed by atoms with van der Waals surface area (Å²) < 4.78 is 16.5. The van der Waals surface area contributed by atoms with Gasteiger partial charge < -0.3 is 24.8 Å². The highest BCUT2D eigenvalue weighted by Crippen LogP contribution is 2.30. The summed E-state index contributed by atoms with van der Waals surface area (Å²) in [5, 5.41) is 6.92. The molecule has 1 heterocycles. The van der Waals surface area contributed by atoms with E-state index in [-0.39, 0.29) is 0 Å². The second kappa shape index (κ2) is 11.1. The number of guanidine groups is 1. The van der Waals surface area contributed by atoms with Crippen molar-refractivity contribution in [3.8, 4) is 17.4 Å². The molecule has 0 fully saturated rings. The van der Waals surface area contributed by atoms with Crippen LogP contribution in [-0.2, 0) is 0 Å². The minimum atomic E-state index is 0.361. The van der Waals surface area contributed by atoms with Crippen LogP contribution in [0.1, 0.15) is 13.8 Å². The Balaban J connectivity index is 1.98. The standard InChI is InChI=1S/C19H25ClN4O3/c1-4-21-19(23-11-12-27-18-15(20)7-6-10-22-18)24-14-8-9-16(25-3)17(13-14)26-5-2/h6-10,13H,4-5,11-12H2,1-3H3,(H2,21,23,24). The first-order valence-electron chi connectivity index (χ1n) is 8.77. The maximum atomic E-state index is 6.02. The largest absolute Gasteiger partial charge is 0.493 e. The van der Waals surface area contributed by atoms with E-state index in [0.29, 0.717) is 48.1 Å². The molecule has 0 unspecified atom stereocenters. The summed E-state index contributed by atoms with van der Waals surface area (Å²) >= 11 is 6.02. The molecule has 0 atom stereocenters. The molecule has 1 aromatic carbocycles. The van der Waals surface area contributed by atoms with Gasteiger partial charge in [-0.25, -0.2) is 9.98 Å². The lowest BCUT2D eigenvalue weighted by Crippen LogP contribution is -2.31. The minimum absolute atomic E-state index is 0.361. The first-order chi connectivity index (χ1) is 13.2. The van der Waals surface area contributed by atoms with Gasteiger partial charge in [-0.15, -0.1) is 0 Å². The van der Waals surface area contributed by atoms with Crippen molar-refractivity contribution >= 4 is 23.2 Å². The smallest absolute Gasteiger partial charge is 0.232 e. The number of nitrogens with one attached hydrogen (secondary N) is 2. The van der Waals surface area contributed by atoms with Gasteiger partial charge in [0, 0.05) is 24.5 Å². The third-order valence-electron chi connectivity index (χ3n) is 3.40. The van der Waals surface area contributed by atoms with Crippen molar-refractivity contribution in [3.63, 3.8) is 0 Å². The van der Waals surface area contributed by atoms with Crippen LogP contribution in [0, 0.1) is 0 Å². The Morgan fingerprint density at radius 1 is 1.19 bits per heavy atom. The van der Waals surface area contributed by atoms with Crippen molar-refractivity contribution in [1.82, 2.24) is 10.3 Å². The summed E-state index contributed by atoms with van der Waals surface area (Å²) in [5.41, 5.74) is 0.840. The average Bonchev–Trinajstić information content (AvgIpc) is 2.67. The molecular weight excluding hydrogens is 368 g/mol. The third-order valence-corrected chi connectivity index (χ3v) is 3.68. The highest BCUT2D eigenvalue weighted by molar-refractivity contribution is 6.31. The summed E-state index contributed by atoms with van der Waals surface area (Å²) in [5.74, 6) is 2.41. The summed E-state index contributed by atoms with van der Waals surface area (Å²) in [6.07, 6.45) is 1.63. The molecule has 2 aromatic rings. The van der Waals surface area contributed by atoms with Crippen LogP contribution in [0.25, 0.3) is 0 Å². The predicted molar refractivity (Wildman–Crippen MR) is 109 cm³/mol. The van der Waals surface area contributed by atoms with Gasteiger partial charge in [-0.2, -0.15) is 0 Å². The van der Waals surface area contributed by atoms with Gasteiger partial charge in [0.05, 0.1) is 20.3 Å². The molecule has 2 N–H and O–H groups in total. The fraction of sp³-hybridized carbons (Fsp3) is 0.368. The Kier molecular flexibility index (Phi) is 8.51. The molecular formula is C19H25ClN4O3. The molecule has 0 amide bonds. The number of hydrogen-bond donors (Lipinski definition) is 2. The first-order valence-corrected chi connectivity index (χ1v) is 9.15. The fourth-order valence-electron chi connectivity index (χ4n) is 2.24. The molecule has 0 spiro atoms. The van der Waals surface area contributed by atoms with E-state index < -0.39 is 0 Å². The van der Waals surface area contributed by atoms with Crippen molar-refractivity contribution in [2.24, 2.45) is 4.99 Å². The lowest BCUT2D eigenvalue weighted by atomic mass is 10.2. The fourth-order valence-corrected chi connectivity index (χ4v) is 2.42. The molecule has 2 rings (SSSR count). The van der Waals surface area contributed by atoms with Crippen LogP contribution in [0.4, 0.5) is 5.69 Å². The molecule has 0 saturated heterocycles. The van der Waals surface area contributed by atoms with Gasteiger partial charge >= 0.3 is 0 Å². The number of benzene rings is 1. The van der Waals surface area contributed by atoms with Crippen LogP contribution < -0.4 is 24.8 Å². The molecule has 0 aliphatic rings. The van der Waals surface area contributed by atoms with Gasteiger partial charge in [0.25, 0.3) is 0 Å². The zero-order valence-corrected chi connectivity index (χ0v) is 16.5. The van der Waals surface area contributed by atoms with Gasteiger partial charge in [0.2, 0.25) is 5.88 Å². The number of pyridine rings is 1. The number of ether oxygens (including phenoxy) is 3. The van der Waals surface area contributed by atoms with Gasteiger partial charge in [-0.05, 0) is 38.1 Å². The van der Waals surface area contributed by atoms with E-state index in [9.17, 15) is 0 Å². The highest BCUT2D eigenvalue weighted by atomic mass is 35.5. The monoisotopic (exact) mass is 392 g/mol.